The second-order valence-electron chi connectivity index (χ2n) is 7.19. The van der Waals surface area contributed by atoms with Crippen molar-refractivity contribution in [3.8, 4) is 0 Å². The third-order valence-corrected chi connectivity index (χ3v) is 3.60. The molecule has 0 amide bonds. The number of quaternary nitrogens is 1. The first-order chi connectivity index (χ1) is 12.5. The van der Waals surface area contributed by atoms with Crippen molar-refractivity contribution < 1.29 is 28.7 Å². The monoisotopic (exact) mass is 380 g/mol. The number of nitrogens with zero attached hydrogens (tertiary/aromatic N) is 1. The summed E-state index contributed by atoms with van der Waals surface area (Å²) in [5.41, 5.74) is 0.636. The van der Waals surface area contributed by atoms with Gasteiger partial charge in [-0.15, -0.1) is 0 Å². The van der Waals surface area contributed by atoms with Gasteiger partial charge in [0, 0.05) is 11.1 Å². The van der Waals surface area contributed by atoms with E-state index in [1.807, 2.05) is 28.1 Å². The van der Waals surface area contributed by atoms with E-state index in [4.69, 9.17) is 9.47 Å². The van der Waals surface area contributed by atoms with E-state index in [1.54, 1.807) is 31.2 Å². The molecule has 0 aromatic heterocycles. The molecule has 0 radical (unpaired) electrons. The van der Waals surface area contributed by atoms with Crippen molar-refractivity contribution in [2.24, 2.45) is 0 Å². The van der Waals surface area contributed by atoms with Gasteiger partial charge in [-0.2, -0.15) is 0 Å². The van der Waals surface area contributed by atoms with Gasteiger partial charge in [-0.05, 0) is 26.2 Å². The standard InChI is InChI=1S/C21H34NO5/c1-8-10-11-12-18(21(25)26-15-9-2)14-13-16(3)20(24)27-19(17(4)23)22(5,6)7/h8,10-11,14,17,19,23H,1,3,9,12-13,15H2,2,4-7H3/q+1. The largest absolute Gasteiger partial charge is 0.462 e. The minimum absolute atomic E-state index is 0.154. The number of ether oxygens (including phenoxy) is 2. The highest BCUT2D eigenvalue weighted by atomic mass is 16.6. The number of rotatable bonds is 12. The fraction of sp³-hybridized carbons (Fsp3) is 0.524. The lowest BCUT2D eigenvalue weighted by molar-refractivity contribution is -0.920. The van der Waals surface area contributed by atoms with Crippen LogP contribution < -0.4 is 0 Å². The summed E-state index contributed by atoms with van der Waals surface area (Å²) in [6.07, 6.45) is 6.46. The van der Waals surface area contributed by atoms with E-state index in [1.165, 1.54) is 0 Å². The van der Waals surface area contributed by atoms with Gasteiger partial charge in [0.2, 0.25) is 0 Å². The Morgan fingerprint density at radius 2 is 1.81 bits per heavy atom. The summed E-state index contributed by atoms with van der Waals surface area (Å²) in [7, 11) is 5.46. The molecular formula is C21H34NO5+. The van der Waals surface area contributed by atoms with E-state index < -0.39 is 24.3 Å². The first-order valence-corrected chi connectivity index (χ1v) is 9.06. The summed E-state index contributed by atoms with van der Waals surface area (Å²) in [5, 5.41) is 9.86. The Morgan fingerprint density at radius 1 is 1.19 bits per heavy atom. The van der Waals surface area contributed by atoms with Gasteiger partial charge in [0.25, 0.3) is 6.23 Å². The highest BCUT2D eigenvalue weighted by Crippen LogP contribution is 2.15. The predicted molar refractivity (Wildman–Crippen MR) is 107 cm³/mol. The zero-order valence-electron chi connectivity index (χ0n) is 17.2. The fourth-order valence-corrected chi connectivity index (χ4v) is 2.26. The molecule has 0 fully saturated rings. The first kappa shape index (κ1) is 24.8. The molecule has 0 aromatic carbocycles. The van der Waals surface area contributed by atoms with Crippen molar-refractivity contribution in [1.82, 2.24) is 0 Å². The SMILES string of the molecule is C=CC=CCC(=CCC(=C)C(=O)OC(C(C)O)[N+](C)(C)C)C(=O)OCCC. The summed E-state index contributed by atoms with van der Waals surface area (Å²) < 4.78 is 10.8. The van der Waals surface area contributed by atoms with Crippen LogP contribution in [-0.4, -0.2) is 61.6 Å². The molecule has 6 nitrogen and oxygen atoms in total. The van der Waals surface area contributed by atoms with E-state index in [0.29, 0.717) is 18.6 Å². The van der Waals surface area contributed by atoms with Crippen LogP contribution in [0.15, 0.2) is 48.6 Å². The molecule has 2 atom stereocenters. The van der Waals surface area contributed by atoms with E-state index >= 15 is 0 Å². The zero-order chi connectivity index (χ0) is 21.0. The molecule has 0 spiro atoms. The smallest absolute Gasteiger partial charge is 0.338 e. The molecule has 0 saturated heterocycles. The zero-order valence-corrected chi connectivity index (χ0v) is 17.2. The van der Waals surface area contributed by atoms with Crippen LogP contribution in [0.2, 0.25) is 0 Å². The third-order valence-electron chi connectivity index (χ3n) is 3.60. The molecule has 1 N–H and O–H groups in total. The molecule has 2 unspecified atom stereocenters. The minimum atomic E-state index is -0.832. The number of likely N-dealkylation sites (N-methyl/N-ethyl adjacent to an activating group) is 1. The molecule has 0 aliphatic carbocycles. The lowest BCUT2D eigenvalue weighted by Gasteiger charge is -2.34. The van der Waals surface area contributed by atoms with Crippen molar-refractivity contribution in [2.75, 3.05) is 27.7 Å². The lowest BCUT2D eigenvalue weighted by Crippen LogP contribution is -2.53. The summed E-state index contributed by atoms with van der Waals surface area (Å²) in [6.45, 7) is 11.2. The second kappa shape index (κ2) is 12.3. The molecule has 27 heavy (non-hydrogen) atoms. The van der Waals surface area contributed by atoms with Crippen LogP contribution in [0.4, 0.5) is 0 Å². The van der Waals surface area contributed by atoms with Gasteiger partial charge in [-0.3, -0.25) is 4.48 Å². The Kier molecular flexibility index (Phi) is 11.3. The number of allylic oxidation sites excluding steroid dienone is 4. The van der Waals surface area contributed by atoms with Crippen LogP contribution in [0.1, 0.15) is 33.1 Å². The number of hydrogen-bond acceptors (Lipinski definition) is 5. The van der Waals surface area contributed by atoms with Crippen LogP contribution in [-0.2, 0) is 19.1 Å². The van der Waals surface area contributed by atoms with Crippen LogP contribution in [0.25, 0.3) is 0 Å². The van der Waals surface area contributed by atoms with E-state index in [9.17, 15) is 14.7 Å². The highest BCUT2D eigenvalue weighted by molar-refractivity contribution is 5.90. The van der Waals surface area contributed by atoms with Gasteiger partial charge in [0.15, 0.2) is 0 Å². The average Bonchev–Trinajstić information content (AvgIpc) is 2.58. The Bertz CT molecular complexity index is 582. The van der Waals surface area contributed by atoms with Gasteiger partial charge in [-0.25, -0.2) is 9.59 Å². The Balaban J connectivity index is 5.10. The van der Waals surface area contributed by atoms with E-state index in [2.05, 4.69) is 13.2 Å². The molecule has 0 saturated carbocycles. The van der Waals surface area contributed by atoms with Crippen molar-refractivity contribution >= 4 is 11.9 Å². The summed E-state index contributed by atoms with van der Waals surface area (Å²) in [4.78, 5) is 24.4. The Hall–Kier alpha value is -2.18. The summed E-state index contributed by atoms with van der Waals surface area (Å²) >= 11 is 0. The van der Waals surface area contributed by atoms with Crippen molar-refractivity contribution in [1.29, 1.82) is 0 Å². The predicted octanol–water partition coefficient (Wildman–Crippen LogP) is 2.90. The van der Waals surface area contributed by atoms with Gasteiger partial charge in [0.1, 0.15) is 6.10 Å². The topological polar surface area (TPSA) is 72.8 Å². The summed E-state index contributed by atoms with van der Waals surface area (Å²) in [6, 6.07) is 0. The second-order valence-corrected chi connectivity index (χ2v) is 7.19. The molecule has 0 heterocycles. The van der Waals surface area contributed by atoms with E-state index in [0.717, 1.165) is 6.42 Å². The number of aliphatic hydroxyl groups excluding tert-OH is 1. The van der Waals surface area contributed by atoms with E-state index in [-0.39, 0.29) is 16.5 Å². The Labute approximate surface area is 163 Å². The summed E-state index contributed by atoms with van der Waals surface area (Å²) in [5.74, 6) is -1.02. The molecule has 0 rings (SSSR count). The fourth-order valence-electron chi connectivity index (χ4n) is 2.26. The lowest BCUT2D eigenvalue weighted by atomic mass is 10.1. The van der Waals surface area contributed by atoms with Gasteiger partial charge < -0.3 is 14.6 Å². The quantitative estimate of drug-likeness (QED) is 0.185. The normalized spacial score (nSPS) is 14.5. The average molecular weight is 381 g/mol. The van der Waals surface area contributed by atoms with Gasteiger partial charge >= 0.3 is 11.9 Å². The van der Waals surface area contributed by atoms with Crippen LogP contribution in [0.3, 0.4) is 0 Å². The maximum Gasteiger partial charge on any atom is 0.338 e. The third kappa shape index (κ3) is 9.92. The minimum Gasteiger partial charge on any atom is -0.462 e. The van der Waals surface area contributed by atoms with Crippen molar-refractivity contribution in [3.63, 3.8) is 0 Å². The number of aliphatic hydroxyl groups is 1. The number of carbonyl (C=O) groups excluding carboxylic acids is 2. The number of esters is 2. The van der Waals surface area contributed by atoms with Gasteiger partial charge in [0.05, 0.1) is 27.7 Å². The molecule has 0 aliphatic heterocycles. The van der Waals surface area contributed by atoms with Crippen LogP contribution in [0, 0.1) is 0 Å². The first-order valence-electron chi connectivity index (χ1n) is 9.06. The van der Waals surface area contributed by atoms with Crippen molar-refractivity contribution in [2.45, 2.75) is 45.4 Å². The van der Waals surface area contributed by atoms with Crippen molar-refractivity contribution in [3.05, 3.63) is 48.6 Å². The highest BCUT2D eigenvalue weighted by Gasteiger charge is 2.33. The van der Waals surface area contributed by atoms with Gasteiger partial charge in [-0.1, -0.05) is 44.4 Å². The molecule has 0 aromatic rings. The molecular weight excluding hydrogens is 346 g/mol. The van der Waals surface area contributed by atoms with Crippen LogP contribution >= 0.6 is 0 Å². The number of carbonyl (C=O) groups is 2. The Morgan fingerprint density at radius 3 is 2.30 bits per heavy atom. The molecule has 152 valence electrons. The molecule has 0 bridgehead atoms. The maximum atomic E-state index is 12.3. The maximum absolute atomic E-state index is 12.3. The molecule has 0 aliphatic rings. The molecule has 6 heteroatoms. The number of hydrogen-bond donors (Lipinski definition) is 1. The van der Waals surface area contributed by atoms with Crippen LogP contribution in [0.5, 0.6) is 0 Å².